The first-order valence-corrected chi connectivity index (χ1v) is 9.58. The standard InChI is InChI=1S/C21H18N4O2S/c1-12-7-9-15(10-8-12)19(26)24-21-22-14(3)17(28-21)20-23-18(25-27-20)16-6-4-5-13(2)11-16/h4-11H,1-3H3,(H,22,24,26). The fourth-order valence-electron chi connectivity index (χ4n) is 2.74. The van der Waals surface area contributed by atoms with Gasteiger partial charge < -0.3 is 4.52 Å². The number of aryl methyl sites for hydroxylation is 3. The molecular formula is C21H18N4O2S. The molecule has 28 heavy (non-hydrogen) atoms. The largest absolute Gasteiger partial charge is 0.333 e. The van der Waals surface area contributed by atoms with Crippen LogP contribution >= 0.6 is 11.3 Å². The molecule has 7 heteroatoms. The molecule has 0 radical (unpaired) electrons. The SMILES string of the molecule is Cc1ccc(C(=O)Nc2nc(C)c(-c3nc(-c4cccc(C)c4)no3)s2)cc1. The summed E-state index contributed by atoms with van der Waals surface area (Å²) >= 11 is 1.31. The number of carbonyl (C=O) groups excluding carboxylic acids is 1. The van der Waals surface area contributed by atoms with E-state index in [-0.39, 0.29) is 5.91 Å². The zero-order chi connectivity index (χ0) is 19.7. The minimum atomic E-state index is -0.203. The summed E-state index contributed by atoms with van der Waals surface area (Å²) in [5.74, 6) is 0.713. The topological polar surface area (TPSA) is 80.9 Å². The maximum absolute atomic E-state index is 12.4. The van der Waals surface area contributed by atoms with Gasteiger partial charge in [-0.3, -0.25) is 10.1 Å². The lowest BCUT2D eigenvalue weighted by molar-refractivity contribution is 0.102. The second-order valence-corrected chi connectivity index (χ2v) is 7.55. The Labute approximate surface area is 166 Å². The molecule has 2 aromatic heterocycles. The molecule has 1 N–H and O–H groups in total. The summed E-state index contributed by atoms with van der Waals surface area (Å²) in [7, 11) is 0. The molecule has 0 atom stereocenters. The van der Waals surface area contributed by atoms with E-state index in [9.17, 15) is 4.79 Å². The number of benzene rings is 2. The van der Waals surface area contributed by atoms with Crippen molar-refractivity contribution in [3.8, 4) is 22.2 Å². The third kappa shape index (κ3) is 3.70. The first-order chi connectivity index (χ1) is 13.5. The fraction of sp³-hybridized carbons (Fsp3) is 0.143. The maximum atomic E-state index is 12.4. The van der Waals surface area contributed by atoms with Gasteiger partial charge in [-0.25, -0.2) is 4.98 Å². The number of carbonyl (C=O) groups is 1. The van der Waals surface area contributed by atoms with Gasteiger partial charge in [0.05, 0.1) is 5.69 Å². The highest BCUT2D eigenvalue weighted by Crippen LogP contribution is 2.33. The van der Waals surface area contributed by atoms with Crippen LogP contribution in [0, 0.1) is 20.8 Å². The zero-order valence-corrected chi connectivity index (χ0v) is 16.5. The summed E-state index contributed by atoms with van der Waals surface area (Å²) < 4.78 is 5.44. The molecule has 0 fully saturated rings. The predicted octanol–water partition coefficient (Wildman–Crippen LogP) is 5.04. The lowest BCUT2D eigenvalue weighted by Crippen LogP contribution is -2.11. The maximum Gasteiger partial charge on any atom is 0.270 e. The van der Waals surface area contributed by atoms with Crippen molar-refractivity contribution in [2.75, 3.05) is 5.32 Å². The Morgan fingerprint density at radius 2 is 1.79 bits per heavy atom. The van der Waals surface area contributed by atoms with Crippen molar-refractivity contribution in [3.05, 3.63) is 70.9 Å². The monoisotopic (exact) mass is 390 g/mol. The molecule has 0 bridgehead atoms. The average Bonchev–Trinajstić information content (AvgIpc) is 3.29. The van der Waals surface area contributed by atoms with E-state index in [0.717, 1.165) is 27.3 Å². The number of rotatable bonds is 4. The van der Waals surface area contributed by atoms with E-state index in [2.05, 4.69) is 20.4 Å². The predicted molar refractivity (Wildman–Crippen MR) is 109 cm³/mol. The van der Waals surface area contributed by atoms with E-state index in [1.807, 2.05) is 57.2 Å². The van der Waals surface area contributed by atoms with E-state index < -0.39 is 0 Å². The Morgan fingerprint density at radius 3 is 2.54 bits per heavy atom. The van der Waals surface area contributed by atoms with Crippen LogP contribution in [0.2, 0.25) is 0 Å². The Hall–Kier alpha value is -3.32. The molecule has 1 amide bonds. The number of amides is 1. The van der Waals surface area contributed by atoms with Crippen LogP contribution in [0.3, 0.4) is 0 Å². The van der Waals surface area contributed by atoms with E-state index >= 15 is 0 Å². The van der Waals surface area contributed by atoms with E-state index in [0.29, 0.717) is 22.4 Å². The molecule has 0 spiro atoms. The number of nitrogens with zero attached hydrogens (tertiary/aromatic N) is 3. The van der Waals surface area contributed by atoms with E-state index in [1.165, 1.54) is 11.3 Å². The molecule has 140 valence electrons. The molecule has 0 aliphatic heterocycles. The van der Waals surface area contributed by atoms with Gasteiger partial charge in [-0.15, -0.1) is 0 Å². The number of hydrogen-bond donors (Lipinski definition) is 1. The Kier molecular flexibility index (Phi) is 4.75. The van der Waals surface area contributed by atoms with Crippen molar-refractivity contribution in [1.29, 1.82) is 0 Å². The molecule has 0 saturated heterocycles. The van der Waals surface area contributed by atoms with Crippen molar-refractivity contribution in [2.24, 2.45) is 0 Å². The minimum absolute atomic E-state index is 0.203. The molecule has 4 rings (SSSR count). The van der Waals surface area contributed by atoms with Crippen molar-refractivity contribution >= 4 is 22.4 Å². The summed E-state index contributed by atoms with van der Waals surface area (Å²) in [6, 6.07) is 15.3. The van der Waals surface area contributed by atoms with Gasteiger partial charge >= 0.3 is 0 Å². The van der Waals surface area contributed by atoms with Crippen LogP contribution in [0.1, 0.15) is 27.2 Å². The lowest BCUT2D eigenvalue weighted by atomic mass is 10.1. The number of nitrogens with one attached hydrogen (secondary N) is 1. The smallest absolute Gasteiger partial charge is 0.270 e. The Balaban J connectivity index is 1.56. The van der Waals surface area contributed by atoms with Crippen LogP contribution in [0.4, 0.5) is 5.13 Å². The average molecular weight is 390 g/mol. The molecule has 2 aromatic carbocycles. The number of hydrogen-bond acceptors (Lipinski definition) is 6. The van der Waals surface area contributed by atoms with Crippen molar-refractivity contribution in [1.82, 2.24) is 15.1 Å². The van der Waals surface area contributed by atoms with Crippen LogP contribution in [-0.4, -0.2) is 21.0 Å². The summed E-state index contributed by atoms with van der Waals surface area (Å²) in [6.07, 6.45) is 0. The molecule has 6 nitrogen and oxygen atoms in total. The van der Waals surface area contributed by atoms with Crippen LogP contribution in [0.5, 0.6) is 0 Å². The number of anilines is 1. The molecule has 0 unspecified atom stereocenters. The van der Waals surface area contributed by atoms with Crippen LogP contribution < -0.4 is 5.32 Å². The third-order valence-electron chi connectivity index (χ3n) is 4.23. The van der Waals surface area contributed by atoms with Gasteiger partial charge in [0.15, 0.2) is 5.13 Å². The summed E-state index contributed by atoms with van der Waals surface area (Å²) in [5.41, 5.74) is 4.43. The van der Waals surface area contributed by atoms with Gasteiger partial charge in [0.25, 0.3) is 11.8 Å². The van der Waals surface area contributed by atoms with Gasteiger partial charge in [-0.1, -0.05) is 58.0 Å². The second-order valence-electron chi connectivity index (χ2n) is 6.55. The van der Waals surface area contributed by atoms with Gasteiger partial charge in [0.2, 0.25) is 5.82 Å². The number of thiazole rings is 1. The lowest BCUT2D eigenvalue weighted by Gasteiger charge is -2.01. The highest BCUT2D eigenvalue weighted by molar-refractivity contribution is 7.19. The minimum Gasteiger partial charge on any atom is -0.333 e. The van der Waals surface area contributed by atoms with E-state index in [1.54, 1.807) is 12.1 Å². The highest BCUT2D eigenvalue weighted by Gasteiger charge is 2.18. The molecular weight excluding hydrogens is 372 g/mol. The normalized spacial score (nSPS) is 10.8. The van der Waals surface area contributed by atoms with Crippen LogP contribution in [-0.2, 0) is 0 Å². The van der Waals surface area contributed by atoms with Crippen molar-refractivity contribution in [2.45, 2.75) is 20.8 Å². The van der Waals surface area contributed by atoms with Gasteiger partial charge in [0.1, 0.15) is 4.88 Å². The van der Waals surface area contributed by atoms with Crippen molar-refractivity contribution < 1.29 is 9.32 Å². The van der Waals surface area contributed by atoms with Crippen molar-refractivity contribution in [3.63, 3.8) is 0 Å². The molecule has 0 aliphatic rings. The van der Waals surface area contributed by atoms with Gasteiger partial charge in [-0.05, 0) is 39.0 Å². The first kappa shape index (κ1) is 18.1. The van der Waals surface area contributed by atoms with Gasteiger partial charge in [-0.2, -0.15) is 4.98 Å². The summed E-state index contributed by atoms with van der Waals surface area (Å²) in [5, 5.41) is 7.40. The fourth-order valence-corrected chi connectivity index (χ4v) is 3.62. The quantitative estimate of drug-likeness (QED) is 0.528. The Morgan fingerprint density at radius 1 is 1.00 bits per heavy atom. The van der Waals surface area contributed by atoms with Crippen LogP contribution in [0.25, 0.3) is 22.2 Å². The molecule has 0 saturated carbocycles. The summed E-state index contributed by atoms with van der Waals surface area (Å²) in [4.78, 5) is 22.1. The Bertz CT molecular complexity index is 1150. The molecule has 2 heterocycles. The van der Waals surface area contributed by atoms with E-state index in [4.69, 9.17) is 4.52 Å². The number of aromatic nitrogens is 3. The van der Waals surface area contributed by atoms with Crippen LogP contribution in [0.15, 0.2) is 53.1 Å². The second kappa shape index (κ2) is 7.36. The molecule has 4 aromatic rings. The first-order valence-electron chi connectivity index (χ1n) is 8.76. The highest BCUT2D eigenvalue weighted by atomic mass is 32.1. The summed E-state index contributed by atoms with van der Waals surface area (Å²) in [6.45, 7) is 5.85. The third-order valence-corrected chi connectivity index (χ3v) is 5.29. The zero-order valence-electron chi connectivity index (χ0n) is 15.7. The van der Waals surface area contributed by atoms with Gasteiger partial charge in [0, 0.05) is 11.1 Å². The molecule has 0 aliphatic carbocycles.